The van der Waals surface area contributed by atoms with Crippen LogP contribution in [0.4, 0.5) is 0 Å². The van der Waals surface area contributed by atoms with Crippen LogP contribution in [0.5, 0.6) is 0 Å². The summed E-state index contributed by atoms with van der Waals surface area (Å²) in [4.78, 5) is 73.3. The molecule has 0 aromatic heterocycles. The van der Waals surface area contributed by atoms with Crippen LogP contribution in [-0.2, 0) is 65.4 Å². The Morgan fingerprint density at radius 3 is 0.636 bits per heavy atom. The Morgan fingerprint density at radius 2 is 0.430 bits per heavy atom. The molecule has 2 unspecified atom stereocenters. The van der Waals surface area contributed by atoms with E-state index in [-0.39, 0.29) is 25.7 Å². The van der Waals surface area contributed by atoms with Crippen molar-refractivity contribution in [1.29, 1.82) is 0 Å². The van der Waals surface area contributed by atoms with Crippen LogP contribution in [0.25, 0.3) is 0 Å². The number of esters is 4. The molecule has 107 heavy (non-hydrogen) atoms. The fraction of sp³-hybridized carbons (Fsp3) is 0.955. The van der Waals surface area contributed by atoms with E-state index in [1.807, 2.05) is 0 Å². The van der Waals surface area contributed by atoms with Gasteiger partial charge < -0.3 is 33.8 Å². The number of aliphatic hydroxyl groups excluding tert-OH is 1. The van der Waals surface area contributed by atoms with Crippen molar-refractivity contribution < 1.29 is 80.2 Å². The summed E-state index contributed by atoms with van der Waals surface area (Å²) >= 11 is 0. The number of hydrogen-bond acceptors (Lipinski definition) is 15. The Labute approximate surface area is 658 Å². The van der Waals surface area contributed by atoms with Crippen molar-refractivity contribution in [3.05, 3.63) is 0 Å². The molecular formula is C88H172O17P2. The monoisotopic (exact) mass is 1560 g/mol. The van der Waals surface area contributed by atoms with Gasteiger partial charge in [0.1, 0.15) is 19.3 Å². The van der Waals surface area contributed by atoms with E-state index in [0.29, 0.717) is 25.7 Å². The Kier molecular flexibility index (Phi) is 77.9. The quantitative estimate of drug-likeness (QED) is 0.0222. The summed E-state index contributed by atoms with van der Waals surface area (Å²) in [6, 6.07) is 0. The Bertz CT molecular complexity index is 2050. The van der Waals surface area contributed by atoms with Crippen molar-refractivity contribution in [3.8, 4) is 0 Å². The summed E-state index contributed by atoms with van der Waals surface area (Å²) in [6.07, 6.45) is 72.2. The first-order valence-electron chi connectivity index (χ1n) is 45.5. The average Bonchev–Trinajstić information content (AvgIpc) is 0.901. The van der Waals surface area contributed by atoms with E-state index in [2.05, 4.69) is 41.5 Å². The van der Waals surface area contributed by atoms with Gasteiger partial charge in [-0.3, -0.25) is 37.3 Å². The van der Waals surface area contributed by atoms with Gasteiger partial charge in [-0.2, -0.15) is 0 Å². The molecule has 0 aliphatic carbocycles. The van der Waals surface area contributed by atoms with Crippen LogP contribution in [0.2, 0.25) is 0 Å². The smallest absolute Gasteiger partial charge is 0.462 e. The van der Waals surface area contributed by atoms with Gasteiger partial charge in [0.2, 0.25) is 0 Å². The topological polar surface area (TPSA) is 237 Å². The van der Waals surface area contributed by atoms with Crippen LogP contribution in [0, 0.1) is 11.8 Å². The zero-order valence-electron chi connectivity index (χ0n) is 70.5. The number of ether oxygens (including phenoxy) is 4. The Balaban J connectivity index is 5.24. The molecule has 0 amide bonds. The molecule has 19 heteroatoms. The highest BCUT2D eigenvalue weighted by atomic mass is 31.2. The lowest BCUT2D eigenvalue weighted by molar-refractivity contribution is -0.161. The summed E-state index contributed by atoms with van der Waals surface area (Å²) in [5, 5.41) is 10.7. The molecule has 0 aromatic rings. The van der Waals surface area contributed by atoms with Crippen LogP contribution in [0.15, 0.2) is 0 Å². The number of unbranched alkanes of at least 4 members (excludes halogenated alkanes) is 57. The second kappa shape index (κ2) is 79.3. The Hall–Kier alpha value is -1.94. The van der Waals surface area contributed by atoms with Crippen molar-refractivity contribution in [2.75, 3.05) is 39.6 Å². The SMILES string of the molecule is CCCCCCCCCCCCCCCCCCCCCCC(=O)O[C@H](COC(=O)CCCCCCCCCCCCCCCCCCC(C)C)COP(=O)(O)OC[C@@H](O)COP(=O)(O)OC[C@@H](COC(=O)CCCCCCCCCCCCC)OC(=O)CCCCCCCCCCCCCCCCC(C)C. The second-order valence-electron chi connectivity index (χ2n) is 32.6. The van der Waals surface area contributed by atoms with E-state index in [0.717, 1.165) is 102 Å². The van der Waals surface area contributed by atoms with Crippen molar-refractivity contribution in [3.63, 3.8) is 0 Å². The van der Waals surface area contributed by atoms with Crippen molar-refractivity contribution in [2.45, 2.75) is 490 Å². The molecule has 636 valence electrons. The predicted octanol–water partition coefficient (Wildman–Crippen LogP) is 27.0. The van der Waals surface area contributed by atoms with Gasteiger partial charge in [-0.1, -0.05) is 420 Å². The molecular weight excluding hydrogens is 1390 g/mol. The molecule has 5 atom stereocenters. The molecule has 0 aromatic carbocycles. The zero-order chi connectivity index (χ0) is 78.5. The van der Waals surface area contributed by atoms with E-state index in [9.17, 15) is 43.2 Å². The van der Waals surface area contributed by atoms with E-state index in [4.69, 9.17) is 37.0 Å². The van der Waals surface area contributed by atoms with Gasteiger partial charge in [-0.15, -0.1) is 0 Å². The van der Waals surface area contributed by atoms with Crippen LogP contribution in [-0.4, -0.2) is 96.7 Å². The lowest BCUT2D eigenvalue weighted by Crippen LogP contribution is -2.30. The van der Waals surface area contributed by atoms with Crippen molar-refractivity contribution in [2.24, 2.45) is 11.8 Å². The minimum absolute atomic E-state index is 0.108. The largest absolute Gasteiger partial charge is 0.472 e. The molecule has 0 heterocycles. The molecule has 0 bridgehead atoms. The molecule has 0 saturated heterocycles. The summed E-state index contributed by atoms with van der Waals surface area (Å²) in [7, 11) is -9.93. The maximum Gasteiger partial charge on any atom is 0.472 e. The van der Waals surface area contributed by atoms with Gasteiger partial charge in [0, 0.05) is 25.7 Å². The maximum atomic E-state index is 13.2. The number of phosphoric ester groups is 2. The van der Waals surface area contributed by atoms with Gasteiger partial charge in [0.05, 0.1) is 26.4 Å². The second-order valence-corrected chi connectivity index (χ2v) is 35.5. The first-order valence-corrected chi connectivity index (χ1v) is 48.5. The maximum absolute atomic E-state index is 13.2. The predicted molar refractivity (Wildman–Crippen MR) is 442 cm³/mol. The standard InChI is InChI=1S/C88H172O17P2/c1-7-9-11-13-15-17-19-20-21-22-23-24-25-30-36-42-48-54-60-66-72-87(92)105-84(77-99-86(91)71-65-59-53-47-41-35-29-27-26-28-33-39-44-50-56-62-68-80(3)4)79-103-107(96,97)101-75-82(89)74-100-106(94,95)102-78-83(76-98-85(90)70-64-58-52-46-38-18-16-14-12-10-8-2)104-88(93)73-67-61-55-49-43-37-32-31-34-40-45-51-57-63-69-81(5)6/h80-84,89H,7-79H2,1-6H3,(H,94,95)(H,96,97)/t82-,83+,84+/m0/s1. The Morgan fingerprint density at radius 1 is 0.252 bits per heavy atom. The lowest BCUT2D eigenvalue weighted by atomic mass is 10.0. The van der Waals surface area contributed by atoms with E-state index in [1.165, 1.54) is 289 Å². The molecule has 0 radical (unpaired) electrons. The number of phosphoric acid groups is 2. The van der Waals surface area contributed by atoms with Gasteiger partial charge in [0.25, 0.3) is 0 Å². The normalized spacial score (nSPS) is 13.8. The number of carbonyl (C=O) groups is 4. The van der Waals surface area contributed by atoms with E-state index >= 15 is 0 Å². The summed E-state index contributed by atoms with van der Waals surface area (Å²) in [6.45, 7) is 9.74. The van der Waals surface area contributed by atoms with Gasteiger partial charge in [-0.25, -0.2) is 9.13 Å². The van der Waals surface area contributed by atoms with Crippen LogP contribution in [0.3, 0.4) is 0 Å². The van der Waals surface area contributed by atoms with Gasteiger partial charge in [0.15, 0.2) is 12.2 Å². The zero-order valence-corrected chi connectivity index (χ0v) is 72.2. The number of aliphatic hydroxyl groups is 1. The van der Waals surface area contributed by atoms with E-state index < -0.39 is 97.5 Å². The van der Waals surface area contributed by atoms with E-state index in [1.54, 1.807) is 0 Å². The van der Waals surface area contributed by atoms with Crippen molar-refractivity contribution in [1.82, 2.24) is 0 Å². The first-order chi connectivity index (χ1) is 51.9. The molecule has 0 rings (SSSR count). The molecule has 0 saturated carbocycles. The number of carbonyl (C=O) groups excluding carboxylic acids is 4. The van der Waals surface area contributed by atoms with Crippen LogP contribution >= 0.6 is 15.6 Å². The third-order valence-corrected chi connectivity index (χ3v) is 22.6. The van der Waals surface area contributed by atoms with Gasteiger partial charge in [-0.05, 0) is 37.5 Å². The fourth-order valence-corrected chi connectivity index (χ4v) is 15.4. The van der Waals surface area contributed by atoms with Crippen LogP contribution in [0.1, 0.15) is 472 Å². The summed E-state index contributed by atoms with van der Waals surface area (Å²) in [5.41, 5.74) is 0. The minimum atomic E-state index is -4.97. The highest BCUT2D eigenvalue weighted by Crippen LogP contribution is 2.45. The number of hydrogen-bond donors (Lipinski definition) is 3. The van der Waals surface area contributed by atoms with Crippen molar-refractivity contribution >= 4 is 39.5 Å². The minimum Gasteiger partial charge on any atom is -0.462 e. The highest BCUT2D eigenvalue weighted by Gasteiger charge is 2.30. The summed E-state index contributed by atoms with van der Waals surface area (Å²) < 4.78 is 69.0. The lowest BCUT2D eigenvalue weighted by Gasteiger charge is -2.21. The highest BCUT2D eigenvalue weighted by molar-refractivity contribution is 7.47. The van der Waals surface area contributed by atoms with Gasteiger partial charge >= 0.3 is 39.5 Å². The first kappa shape index (κ1) is 105. The molecule has 3 N–H and O–H groups in total. The molecule has 0 spiro atoms. The van der Waals surface area contributed by atoms with Crippen LogP contribution < -0.4 is 0 Å². The molecule has 17 nitrogen and oxygen atoms in total. The third kappa shape index (κ3) is 81.9. The average molecular weight is 1560 g/mol. The summed E-state index contributed by atoms with van der Waals surface area (Å²) in [5.74, 6) is -0.490. The molecule has 0 aliphatic heterocycles. The fourth-order valence-electron chi connectivity index (χ4n) is 13.8. The molecule has 0 aliphatic rings. The number of rotatable bonds is 87. The third-order valence-electron chi connectivity index (χ3n) is 20.7. The molecule has 0 fully saturated rings.